The Morgan fingerprint density at radius 3 is 2.45 bits per heavy atom. The van der Waals surface area contributed by atoms with E-state index in [1.54, 1.807) is 0 Å². The number of hydrogen-bond donors (Lipinski definition) is 1. The second-order valence-corrected chi connectivity index (χ2v) is 5.48. The summed E-state index contributed by atoms with van der Waals surface area (Å²) in [5.74, 6) is 0. The second-order valence-electron chi connectivity index (χ2n) is 5.07. The van der Waals surface area contributed by atoms with Crippen LogP contribution in [-0.2, 0) is 13.0 Å². The molecule has 0 bridgehead atoms. The highest BCUT2D eigenvalue weighted by molar-refractivity contribution is 6.33. The van der Waals surface area contributed by atoms with Gasteiger partial charge in [-0.1, -0.05) is 48.0 Å². The molecule has 2 aromatic rings. The molecule has 0 heterocycles. The summed E-state index contributed by atoms with van der Waals surface area (Å²) in [6.45, 7) is 3.61. The van der Waals surface area contributed by atoms with E-state index < -0.39 is 0 Å². The normalized spacial score (nSPS) is 10.6. The lowest BCUT2D eigenvalue weighted by molar-refractivity contribution is 0.887. The van der Waals surface area contributed by atoms with Crippen LogP contribution in [0.4, 0.5) is 5.69 Å². The van der Waals surface area contributed by atoms with Crippen molar-refractivity contribution in [3.63, 3.8) is 0 Å². The quantitative estimate of drug-likeness (QED) is 0.907. The molecule has 106 valence electrons. The van der Waals surface area contributed by atoms with E-state index in [9.17, 15) is 0 Å². The molecule has 0 aliphatic rings. The number of benzene rings is 2. The molecule has 0 aromatic heterocycles. The van der Waals surface area contributed by atoms with Crippen LogP contribution >= 0.6 is 11.6 Å². The lowest BCUT2D eigenvalue weighted by Gasteiger charge is -2.24. The molecule has 0 spiro atoms. The molecule has 2 rings (SSSR count). The van der Waals surface area contributed by atoms with Gasteiger partial charge < -0.3 is 10.6 Å². The molecular formula is C17H21ClN2. The smallest absolute Gasteiger partial charge is 0.0642 e. The van der Waals surface area contributed by atoms with Gasteiger partial charge in [-0.05, 0) is 42.6 Å². The third kappa shape index (κ3) is 3.33. The summed E-state index contributed by atoms with van der Waals surface area (Å²) >= 11 is 6.38. The largest absolute Gasteiger partial charge is 0.369 e. The van der Waals surface area contributed by atoms with E-state index in [2.05, 4.69) is 49.2 Å². The van der Waals surface area contributed by atoms with Gasteiger partial charge in [-0.25, -0.2) is 0 Å². The van der Waals surface area contributed by atoms with Crippen LogP contribution in [0.2, 0.25) is 5.02 Å². The fourth-order valence-corrected chi connectivity index (χ4v) is 2.81. The Morgan fingerprint density at radius 2 is 1.75 bits per heavy atom. The summed E-state index contributed by atoms with van der Waals surface area (Å²) in [6, 6.07) is 14.5. The van der Waals surface area contributed by atoms with Crippen molar-refractivity contribution < 1.29 is 0 Å². The van der Waals surface area contributed by atoms with E-state index in [1.165, 1.54) is 16.7 Å². The highest BCUT2D eigenvalue weighted by Gasteiger charge is 2.12. The molecule has 0 saturated carbocycles. The highest BCUT2D eigenvalue weighted by Crippen LogP contribution is 2.30. The SMILES string of the molecule is Cc1ccccc1CN(C)c1c(Cl)cccc1CCN. The summed E-state index contributed by atoms with van der Waals surface area (Å²) in [6.07, 6.45) is 0.841. The Kier molecular flexibility index (Phi) is 5.05. The Balaban J connectivity index is 2.29. The molecule has 0 aliphatic heterocycles. The summed E-state index contributed by atoms with van der Waals surface area (Å²) in [5.41, 5.74) is 10.6. The maximum atomic E-state index is 6.38. The highest BCUT2D eigenvalue weighted by atomic mass is 35.5. The Hall–Kier alpha value is -1.51. The molecule has 0 amide bonds. The van der Waals surface area contributed by atoms with Crippen LogP contribution in [0, 0.1) is 6.92 Å². The Bertz CT molecular complexity index is 581. The van der Waals surface area contributed by atoms with Crippen LogP contribution in [0.3, 0.4) is 0 Å². The summed E-state index contributed by atoms with van der Waals surface area (Å²) < 4.78 is 0. The molecule has 0 aliphatic carbocycles. The Labute approximate surface area is 126 Å². The molecule has 0 saturated heterocycles. The topological polar surface area (TPSA) is 29.3 Å². The number of para-hydroxylation sites is 1. The first-order chi connectivity index (χ1) is 9.63. The van der Waals surface area contributed by atoms with Gasteiger partial charge in [-0.15, -0.1) is 0 Å². The first kappa shape index (κ1) is 14.9. The van der Waals surface area contributed by atoms with Gasteiger partial charge in [0.05, 0.1) is 10.7 Å². The minimum absolute atomic E-state index is 0.631. The number of rotatable bonds is 5. The van der Waals surface area contributed by atoms with Gasteiger partial charge in [0.15, 0.2) is 0 Å². The number of halogens is 1. The fourth-order valence-electron chi connectivity index (χ4n) is 2.47. The zero-order chi connectivity index (χ0) is 14.5. The number of nitrogens with two attached hydrogens (primary N) is 1. The molecule has 0 atom stereocenters. The lowest BCUT2D eigenvalue weighted by atomic mass is 10.1. The molecule has 20 heavy (non-hydrogen) atoms. The van der Waals surface area contributed by atoms with Gasteiger partial charge in [-0.3, -0.25) is 0 Å². The van der Waals surface area contributed by atoms with Crippen molar-refractivity contribution in [3.8, 4) is 0 Å². The van der Waals surface area contributed by atoms with Gasteiger partial charge in [0, 0.05) is 13.6 Å². The first-order valence-electron chi connectivity index (χ1n) is 6.86. The third-order valence-corrected chi connectivity index (χ3v) is 3.84. The zero-order valence-electron chi connectivity index (χ0n) is 12.1. The Morgan fingerprint density at radius 1 is 1.05 bits per heavy atom. The average Bonchev–Trinajstić information content (AvgIpc) is 2.42. The van der Waals surface area contributed by atoms with E-state index in [-0.39, 0.29) is 0 Å². The van der Waals surface area contributed by atoms with Crippen LogP contribution in [0.5, 0.6) is 0 Å². The van der Waals surface area contributed by atoms with E-state index in [4.69, 9.17) is 17.3 Å². The van der Waals surface area contributed by atoms with E-state index in [1.807, 2.05) is 12.1 Å². The zero-order valence-corrected chi connectivity index (χ0v) is 12.8. The van der Waals surface area contributed by atoms with Crippen molar-refractivity contribution in [2.75, 3.05) is 18.5 Å². The predicted octanol–water partition coefficient (Wildman–Crippen LogP) is 3.79. The van der Waals surface area contributed by atoms with Gasteiger partial charge in [0.1, 0.15) is 0 Å². The van der Waals surface area contributed by atoms with Crippen molar-refractivity contribution in [2.24, 2.45) is 5.73 Å². The van der Waals surface area contributed by atoms with Gasteiger partial charge >= 0.3 is 0 Å². The van der Waals surface area contributed by atoms with Crippen LogP contribution in [0.25, 0.3) is 0 Å². The molecule has 0 unspecified atom stereocenters. The molecule has 0 fully saturated rings. The first-order valence-corrected chi connectivity index (χ1v) is 7.24. The van der Waals surface area contributed by atoms with E-state index in [0.29, 0.717) is 6.54 Å². The molecule has 3 heteroatoms. The molecule has 0 radical (unpaired) electrons. The summed E-state index contributed by atoms with van der Waals surface area (Å²) in [5, 5.41) is 0.784. The van der Waals surface area contributed by atoms with Crippen LogP contribution in [0.1, 0.15) is 16.7 Å². The van der Waals surface area contributed by atoms with Crippen LogP contribution in [-0.4, -0.2) is 13.6 Å². The van der Waals surface area contributed by atoms with E-state index >= 15 is 0 Å². The number of anilines is 1. The van der Waals surface area contributed by atoms with Crippen LogP contribution < -0.4 is 10.6 Å². The predicted molar refractivity (Wildman–Crippen MR) is 87.5 cm³/mol. The van der Waals surface area contributed by atoms with Crippen molar-refractivity contribution in [1.82, 2.24) is 0 Å². The maximum absolute atomic E-state index is 6.38. The van der Waals surface area contributed by atoms with Crippen molar-refractivity contribution >= 4 is 17.3 Å². The lowest BCUT2D eigenvalue weighted by Crippen LogP contribution is -2.20. The number of aryl methyl sites for hydroxylation is 1. The molecular weight excluding hydrogens is 268 g/mol. The minimum Gasteiger partial charge on any atom is -0.369 e. The standard InChI is InChI=1S/C17H21ClN2/c1-13-6-3-4-7-15(13)12-20(2)17-14(10-11-19)8-5-9-16(17)18/h3-9H,10-12,19H2,1-2H3. The van der Waals surface area contributed by atoms with Crippen molar-refractivity contribution in [2.45, 2.75) is 19.9 Å². The summed E-state index contributed by atoms with van der Waals surface area (Å²) in [4.78, 5) is 2.20. The second kappa shape index (κ2) is 6.78. The van der Waals surface area contributed by atoms with Crippen molar-refractivity contribution in [1.29, 1.82) is 0 Å². The van der Waals surface area contributed by atoms with Crippen molar-refractivity contribution in [3.05, 3.63) is 64.2 Å². The monoisotopic (exact) mass is 288 g/mol. The minimum atomic E-state index is 0.631. The van der Waals surface area contributed by atoms with Crippen LogP contribution in [0.15, 0.2) is 42.5 Å². The fraction of sp³-hybridized carbons (Fsp3) is 0.294. The van der Waals surface area contributed by atoms with E-state index in [0.717, 1.165) is 23.7 Å². The number of nitrogens with zero attached hydrogens (tertiary/aromatic N) is 1. The summed E-state index contributed by atoms with van der Waals surface area (Å²) in [7, 11) is 2.08. The average molecular weight is 289 g/mol. The third-order valence-electron chi connectivity index (χ3n) is 3.53. The molecule has 2 N–H and O–H groups in total. The molecule has 2 nitrogen and oxygen atoms in total. The van der Waals surface area contributed by atoms with Gasteiger partial charge in [0.2, 0.25) is 0 Å². The maximum Gasteiger partial charge on any atom is 0.0642 e. The number of hydrogen-bond acceptors (Lipinski definition) is 2. The van der Waals surface area contributed by atoms with Gasteiger partial charge in [0.25, 0.3) is 0 Å². The molecule has 2 aromatic carbocycles. The van der Waals surface area contributed by atoms with Gasteiger partial charge in [-0.2, -0.15) is 0 Å².